The molecule has 140 valence electrons. The number of methoxy groups -OCH3 is 1. The van der Waals surface area contributed by atoms with Crippen molar-refractivity contribution in [2.45, 2.75) is 38.5 Å². The Morgan fingerprint density at radius 1 is 1.00 bits per heavy atom. The molecule has 4 heteroatoms. The second kappa shape index (κ2) is 6.70. The summed E-state index contributed by atoms with van der Waals surface area (Å²) in [6.45, 7) is 6.57. The van der Waals surface area contributed by atoms with Crippen LogP contribution in [-0.4, -0.2) is 47.1 Å². The SMILES string of the molecule is COc1cccc(CN2C[C@H]3C[C@@H]2CN3Cc2cccc3[nH]c(C)cc23)c1. The van der Waals surface area contributed by atoms with Crippen molar-refractivity contribution < 1.29 is 4.74 Å². The number of ether oxygens (including phenoxy) is 1. The van der Waals surface area contributed by atoms with Gasteiger partial charge in [0.15, 0.2) is 0 Å². The summed E-state index contributed by atoms with van der Waals surface area (Å²) < 4.78 is 5.37. The second-order valence-electron chi connectivity index (χ2n) is 8.08. The number of hydrogen-bond donors (Lipinski definition) is 1. The molecule has 2 aliphatic rings. The van der Waals surface area contributed by atoms with Crippen molar-refractivity contribution in [1.29, 1.82) is 0 Å². The first-order valence-corrected chi connectivity index (χ1v) is 9.88. The Bertz CT molecular complexity index is 963. The van der Waals surface area contributed by atoms with Crippen LogP contribution in [0.25, 0.3) is 10.9 Å². The molecule has 2 bridgehead atoms. The summed E-state index contributed by atoms with van der Waals surface area (Å²) in [7, 11) is 1.74. The first-order chi connectivity index (χ1) is 13.2. The van der Waals surface area contributed by atoms with Crippen LogP contribution in [0.15, 0.2) is 48.5 Å². The predicted octanol–water partition coefficient (Wildman–Crippen LogP) is 3.94. The lowest BCUT2D eigenvalue weighted by Crippen LogP contribution is -2.45. The third-order valence-electron chi connectivity index (χ3n) is 6.25. The van der Waals surface area contributed by atoms with E-state index in [-0.39, 0.29) is 0 Å². The molecule has 0 amide bonds. The highest BCUT2D eigenvalue weighted by Crippen LogP contribution is 2.34. The quantitative estimate of drug-likeness (QED) is 0.747. The number of H-pyrrole nitrogens is 1. The molecule has 5 rings (SSSR count). The highest BCUT2D eigenvalue weighted by Gasteiger charge is 2.42. The number of hydrogen-bond acceptors (Lipinski definition) is 3. The molecule has 2 fully saturated rings. The monoisotopic (exact) mass is 361 g/mol. The summed E-state index contributed by atoms with van der Waals surface area (Å²) in [5.74, 6) is 0.952. The van der Waals surface area contributed by atoms with E-state index in [1.807, 2.05) is 6.07 Å². The Labute approximate surface area is 160 Å². The molecular formula is C23H27N3O. The molecule has 0 radical (unpaired) electrons. The van der Waals surface area contributed by atoms with Gasteiger partial charge in [-0.2, -0.15) is 0 Å². The van der Waals surface area contributed by atoms with Crippen LogP contribution in [0.5, 0.6) is 5.75 Å². The van der Waals surface area contributed by atoms with Crippen LogP contribution in [0.1, 0.15) is 23.2 Å². The number of piperazine rings is 1. The zero-order valence-electron chi connectivity index (χ0n) is 16.1. The van der Waals surface area contributed by atoms with E-state index in [0.29, 0.717) is 12.1 Å². The number of likely N-dealkylation sites (tertiary alicyclic amines) is 2. The molecule has 0 spiro atoms. The second-order valence-corrected chi connectivity index (χ2v) is 8.08. The molecule has 0 aliphatic carbocycles. The van der Waals surface area contributed by atoms with Crippen molar-refractivity contribution in [2.75, 3.05) is 20.2 Å². The van der Waals surface area contributed by atoms with Crippen molar-refractivity contribution in [3.8, 4) is 5.75 Å². The van der Waals surface area contributed by atoms with Gasteiger partial charge < -0.3 is 9.72 Å². The van der Waals surface area contributed by atoms with Crippen molar-refractivity contribution in [1.82, 2.24) is 14.8 Å². The number of nitrogens with one attached hydrogen (secondary N) is 1. The Hall–Kier alpha value is -2.30. The smallest absolute Gasteiger partial charge is 0.119 e. The number of rotatable bonds is 5. The van der Waals surface area contributed by atoms with Crippen LogP contribution in [0, 0.1) is 6.92 Å². The van der Waals surface area contributed by atoms with E-state index in [9.17, 15) is 0 Å². The number of aryl methyl sites for hydroxylation is 1. The van der Waals surface area contributed by atoms with Gasteiger partial charge in [0, 0.05) is 54.9 Å². The Kier molecular flexibility index (Phi) is 4.18. The highest BCUT2D eigenvalue weighted by molar-refractivity contribution is 5.83. The molecule has 27 heavy (non-hydrogen) atoms. The average Bonchev–Trinajstić information content (AvgIpc) is 3.35. The number of aromatic nitrogens is 1. The molecule has 4 nitrogen and oxygen atoms in total. The van der Waals surface area contributed by atoms with Crippen molar-refractivity contribution >= 4 is 10.9 Å². The fourth-order valence-electron chi connectivity index (χ4n) is 4.94. The third kappa shape index (κ3) is 3.13. The fraction of sp³-hybridized carbons (Fsp3) is 0.391. The average molecular weight is 361 g/mol. The molecule has 3 heterocycles. The standard InChI is InChI=1S/C23H27N3O/c1-16-9-22-18(6-4-8-23(22)24-16)13-26-15-19-11-20(26)14-25(19)12-17-5-3-7-21(10-17)27-2/h3-10,19-20,24H,11-15H2,1-2H3/t19-,20-/m1/s1. The molecule has 2 saturated heterocycles. The maximum atomic E-state index is 5.37. The summed E-state index contributed by atoms with van der Waals surface area (Å²) in [6, 6.07) is 18.8. The molecule has 0 saturated carbocycles. The van der Waals surface area contributed by atoms with E-state index in [1.165, 1.54) is 47.2 Å². The van der Waals surface area contributed by atoms with E-state index in [2.05, 4.69) is 64.2 Å². The minimum absolute atomic E-state index is 0.674. The fourth-order valence-corrected chi connectivity index (χ4v) is 4.94. The number of fused-ring (bicyclic) bond motifs is 3. The van der Waals surface area contributed by atoms with Crippen molar-refractivity contribution in [2.24, 2.45) is 0 Å². The maximum Gasteiger partial charge on any atom is 0.119 e. The van der Waals surface area contributed by atoms with Gasteiger partial charge in [-0.05, 0) is 48.7 Å². The zero-order chi connectivity index (χ0) is 18.4. The summed E-state index contributed by atoms with van der Waals surface area (Å²) in [5, 5.41) is 1.38. The summed E-state index contributed by atoms with van der Waals surface area (Å²) in [6.07, 6.45) is 1.30. The summed E-state index contributed by atoms with van der Waals surface area (Å²) >= 11 is 0. The Balaban J connectivity index is 1.27. The molecule has 0 unspecified atom stereocenters. The molecular weight excluding hydrogens is 334 g/mol. The lowest BCUT2D eigenvalue weighted by atomic mass is 10.1. The van der Waals surface area contributed by atoms with Gasteiger partial charge in [0.2, 0.25) is 0 Å². The molecule has 2 aromatic carbocycles. The summed E-state index contributed by atoms with van der Waals surface area (Å²) in [4.78, 5) is 8.80. The van der Waals surface area contributed by atoms with Gasteiger partial charge in [-0.25, -0.2) is 0 Å². The van der Waals surface area contributed by atoms with E-state index < -0.39 is 0 Å². The van der Waals surface area contributed by atoms with Crippen molar-refractivity contribution in [3.63, 3.8) is 0 Å². The Morgan fingerprint density at radius 3 is 2.56 bits per heavy atom. The van der Waals surface area contributed by atoms with Crippen LogP contribution >= 0.6 is 0 Å². The largest absolute Gasteiger partial charge is 0.497 e. The van der Waals surface area contributed by atoms with Gasteiger partial charge in [0.25, 0.3) is 0 Å². The minimum Gasteiger partial charge on any atom is -0.497 e. The number of nitrogens with zero attached hydrogens (tertiary/aromatic N) is 2. The predicted molar refractivity (Wildman–Crippen MR) is 109 cm³/mol. The van der Waals surface area contributed by atoms with Gasteiger partial charge >= 0.3 is 0 Å². The number of aromatic amines is 1. The molecule has 1 aromatic heterocycles. The van der Waals surface area contributed by atoms with Crippen LogP contribution in [0.3, 0.4) is 0 Å². The van der Waals surface area contributed by atoms with Crippen LogP contribution in [0.2, 0.25) is 0 Å². The zero-order valence-corrected chi connectivity index (χ0v) is 16.1. The van der Waals surface area contributed by atoms with Crippen LogP contribution in [-0.2, 0) is 13.1 Å². The first kappa shape index (κ1) is 16.8. The van der Waals surface area contributed by atoms with Crippen molar-refractivity contribution in [3.05, 3.63) is 65.4 Å². The van der Waals surface area contributed by atoms with E-state index in [4.69, 9.17) is 4.74 Å². The highest BCUT2D eigenvalue weighted by atomic mass is 16.5. The van der Waals surface area contributed by atoms with E-state index >= 15 is 0 Å². The van der Waals surface area contributed by atoms with Gasteiger partial charge in [-0.3, -0.25) is 9.80 Å². The van der Waals surface area contributed by atoms with Gasteiger partial charge in [-0.1, -0.05) is 24.3 Å². The van der Waals surface area contributed by atoms with Crippen LogP contribution < -0.4 is 4.74 Å². The van der Waals surface area contributed by atoms with E-state index in [0.717, 1.165) is 18.8 Å². The molecule has 1 N–H and O–H groups in total. The minimum atomic E-state index is 0.674. The lowest BCUT2D eigenvalue weighted by Gasteiger charge is -2.34. The topological polar surface area (TPSA) is 31.5 Å². The number of benzene rings is 2. The maximum absolute atomic E-state index is 5.37. The lowest BCUT2D eigenvalue weighted by molar-refractivity contribution is 0.118. The van der Waals surface area contributed by atoms with Gasteiger partial charge in [0.05, 0.1) is 7.11 Å². The van der Waals surface area contributed by atoms with Gasteiger partial charge in [-0.15, -0.1) is 0 Å². The van der Waals surface area contributed by atoms with Gasteiger partial charge in [0.1, 0.15) is 5.75 Å². The molecule has 2 aliphatic heterocycles. The Morgan fingerprint density at radius 2 is 1.78 bits per heavy atom. The normalized spacial score (nSPS) is 22.7. The first-order valence-electron chi connectivity index (χ1n) is 9.88. The van der Waals surface area contributed by atoms with Crippen LogP contribution in [0.4, 0.5) is 0 Å². The molecule has 3 aromatic rings. The van der Waals surface area contributed by atoms with E-state index in [1.54, 1.807) is 7.11 Å². The summed E-state index contributed by atoms with van der Waals surface area (Å²) in [5.41, 5.74) is 5.30. The third-order valence-corrected chi connectivity index (χ3v) is 6.25. The molecule has 2 atom stereocenters.